The third-order valence-corrected chi connectivity index (χ3v) is 4.34. The van der Waals surface area contributed by atoms with Gasteiger partial charge in [0.1, 0.15) is 17.3 Å². The van der Waals surface area contributed by atoms with Gasteiger partial charge in [0.05, 0.1) is 0 Å². The van der Waals surface area contributed by atoms with Gasteiger partial charge in [0, 0.05) is 29.1 Å². The van der Waals surface area contributed by atoms with Gasteiger partial charge in [-0.3, -0.25) is 4.79 Å². The summed E-state index contributed by atoms with van der Waals surface area (Å²) in [6, 6.07) is 15.1. The zero-order valence-electron chi connectivity index (χ0n) is 13.7. The lowest BCUT2D eigenvalue weighted by Crippen LogP contribution is -2.13. The van der Waals surface area contributed by atoms with Crippen LogP contribution in [0.4, 0.5) is 10.1 Å². The van der Waals surface area contributed by atoms with Gasteiger partial charge >= 0.3 is 0 Å². The molecule has 0 saturated carbocycles. The highest BCUT2D eigenvalue weighted by Crippen LogP contribution is 2.24. The van der Waals surface area contributed by atoms with Crippen LogP contribution in [-0.4, -0.2) is 5.91 Å². The molecule has 0 radical (unpaired) electrons. The first-order valence-electron chi connectivity index (χ1n) is 7.92. The van der Waals surface area contributed by atoms with Crippen LogP contribution in [0.3, 0.4) is 0 Å². The number of aryl methyl sites for hydroxylation is 1. The van der Waals surface area contributed by atoms with E-state index in [1.165, 1.54) is 12.1 Å². The summed E-state index contributed by atoms with van der Waals surface area (Å²) in [6.45, 7) is 1.86. The van der Waals surface area contributed by atoms with E-state index in [-0.39, 0.29) is 11.7 Å². The average molecular weight is 358 g/mol. The highest BCUT2D eigenvalue weighted by Gasteiger charge is 2.10. The fourth-order valence-electron chi connectivity index (χ4n) is 2.47. The largest absolute Gasteiger partial charge is 0.461 e. The van der Waals surface area contributed by atoms with Crippen LogP contribution < -0.4 is 5.32 Å². The lowest BCUT2D eigenvalue weighted by atomic mass is 10.2. The standard InChI is InChI=1S/C20H17ClFNO2/c1-13-17(21)3-2-4-18(13)23-20(24)12-10-16-9-11-19(25-16)14-5-7-15(22)8-6-14/h2-9,11H,10,12H2,1H3,(H,23,24). The number of nitrogens with one attached hydrogen (secondary N) is 1. The maximum atomic E-state index is 13.0. The van der Waals surface area contributed by atoms with Crippen molar-refractivity contribution in [1.29, 1.82) is 0 Å². The van der Waals surface area contributed by atoms with Crippen molar-refractivity contribution >= 4 is 23.2 Å². The van der Waals surface area contributed by atoms with Crippen molar-refractivity contribution in [3.8, 4) is 11.3 Å². The number of carbonyl (C=O) groups excluding carboxylic acids is 1. The molecule has 0 fully saturated rings. The topological polar surface area (TPSA) is 42.2 Å². The zero-order valence-corrected chi connectivity index (χ0v) is 14.4. The Labute approximate surface area is 150 Å². The van der Waals surface area contributed by atoms with E-state index < -0.39 is 0 Å². The van der Waals surface area contributed by atoms with E-state index in [2.05, 4.69) is 5.32 Å². The number of hydrogen-bond acceptors (Lipinski definition) is 2. The normalized spacial score (nSPS) is 10.7. The summed E-state index contributed by atoms with van der Waals surface area (Å²) in [6.07, 6.45) is 0.773. The minimum Gasteiger partial charge on any atom is -0.461 e. The van der Waals surface area contributed by atoms with Gasteiger partial charge in [-0.1, -0.05) is 17.7 Å². The first kappa shape index (κ1) is 17.2. The Morgan fingerprint density at radius 3 is 2.64 bits per heavy atom. The molecule has 0 saturated heterocycles. The second kappa shape index (κ2) is 7.53. The minimum atomic E-state index is -0.288. The molecule has 0 unspecified atom stereocenters. The highest BCUT2D eigenvalue weighted by molar-refractivity contribution is 6.31. The number of anilines is 1. The SMILES string of the molecule is Cc1c(Cl)cccc1NC(=O)CCc1ccc(-c2ccc(F)cc2)o1. The number of furan rings is 1. The molecule has 0 aliphatic rings. The van der Waals surface area contributed by atoms with E-state index in [9.17, 15) is 9.18 Å². The third kappa shape index (κ3) is 4.28. The van der Waals surface area contributed by atoms with Gasteiger partial charge in [-0.15, -0.1) is 0 Å². The molecule has 128 valence electrons. The molecule has 1 amide bonds. The average Bonchev–Trinajstić information content (AvgIpc) is 3.07. The fourth-order valence-corrected chi connectivity index (χ4v) is 2.65. The predicted molar refractivity (Wildman–Crippen MR) is 97.2 cm³/mol. The fraction of sp³-hybridized carbons (Fsp3) is 0.150. The van der Waals surface area contributed by atoms with Crippen LogP contribution in [0.25, 0.3) is 11.3 Å². The number of carbonyl (C=O) groups is 1. The first-order valence-corrected chi connectivity index (χ1v) is 8.30. The van der Waals surface area contributed by atoms with Crippen molar-refractivity contribution in [2.24, 2.45) is 0 Å². The molecule has 3 nitrogen and oxygen atoms in total. The van der Waals surface area contributed by atoms with Crippen LogP contribution >= 0.6 is 11.6 Å². The van der Waals surface area contributed by atoms with E-state index in [0.29, 0.717) is 35.1 Å². The monoisotopic (exact) mass is 357 g/mol. The molecule has 1 aromatic heterocycles. The van der Waals surface area contributed by atoms with Gasteiger partial charge in [-0.05, 0) is 61.0 Å². The van der Waals surface area contributed by atoms with Crippen molar-refractivity contribution in [3.63, 3.8) is 0 Å². The number of benzene rings is 2. The maximum absolute atomic E-state index is 13.0. The quantitative estimate of drug-likeness (QED) is 0.644. The molecule has 2 aromatic carbocycles. The van der Waals surface area contributed by atoms with Crippen LogP contribution in [0.15, 0.2) is 59.0 Å². The highest BCUT2D eigenvalue weighted by atomic mass is 35.5. The number of hydrogen-bond donors (Lipinski definition) is 1. The zero-order chi connectivity index (χ0) is 17.8. The van der Waals surface area contributed by atoms with Gasteiger partial charge in [0.2, 0.25) is 5.91 Å². The molecular weight excluding hydrogens is 341 g/mol. The van der Waals surface area contributed by atoms with Crippen LogP contribution in [0, 0.1) is 12.7 Å². The summed E-state index contributed by atoms with van der Waals surface area (Å²) >= 11 is 6.05. The van der Waals surface area contributed by atoms with Gasteiger partial charge in [-0.25, -0.2) is 4.39 Å². The van der Waals surface area contributed by atoms with Crippen LogP contribution in [0.2, 0.25) is 5.02 Å². The van der Waals surface area contributed by atoms with Crippen LogP contribution in [-0.2, 0) is 11.2 Å². The number of amides is 1. The van der Waals surface area contributed by atoms with E-state index in [1.54, 1.807) is 24.3 Å². The second-order valence-corrected chi connectivity index (χ2v) is 6.14. The Morgan fingerprint density at radius 2 is 1.88 bits per heavy atom. The third-order valence-electron chi connectivity index (χ3n) is 3.93. The molecule has 3 rings (SSSR count). The summed E-state index contributed by atoms with van der Waals surface area (Å²) < 4.78 is 18.7. The molecule has 25 heavy (non-hydrogen) atoms. The lowest BCUT2D eigenvalue weighted by Gasteiger charge is -2.09. The van der Waals surface area contributed by atoms with E-state index in [1.807, 2.05) is 25.1 Å². The van der Waals surface area contributed by atoms with Crippen LogP contribution in [0.5, 0.6) is 0 Å². The van der Waals surface area contributed by atoms with Gasteiger partial charge in [-0.2, -0.15) is 0 Å². The first-order chi connectivity index (χ1) is 12.0. The molecule has 0 atom stereocenters. The molecule has 1 heterocycles. The molecule has 0 spiro atoms. The Balaban J connectivity index is 1.59. The maximum Gasteiger partial charge on any atom is 0.224 e. The molecular formula is C20H17ClFNO2. The Hall–Kier alpha value is -2.59. The summed E-state index contributed by atoms with van der Waals surface area (Å²) in [5.74, 6) is 0.965. The minimum absolute atomic E-state index is 0.106. The molecule has 5 heteroatoms. The van der Waals surface area contributed by atoms with E-state index in [0.717, 1.165) is 11.1 Å². The summed E-state index contributed by atoms with van der Waals surface area (Å²) in [7, 11) is 0. The van der Waals surface area contributed by atoms with Crippen molar-refractivity contribution in [1.82, 2.24) is 0 Å². The molecule has 0 bridgehead atoms. The summed E-state index contributed by atoms with van der Waals surface area (Å²) in [5.41, 5.74) is 2.35. The lowest BCUT2D eigenvalue weighted by molar-refractivity contribution is -0.116. The summed E-state index contributed by atoms with van der Waals surface area (Å²) in [4.78, 5) is 12.1. The Morgan fingerprint density at radius 1 is 1.12 bits per heavy atom. The Bertz CT molecular complexity index is 887. The van der Waals surface area contributed by atoms with Crippen molar-refractivity contribution in [2.75, 3.05) is 5.32 Å². The van der Waals surface area contributed by atoms with Gasteiger partial charge in [0.25, 0.3) is 0 Å². The predicted octanol–water partition coefficient (Wildman–Crippen LogP) is 5.62. The Kier molecular flexibility index (Phi) is 5.19. The van der Waals surface area contributed by atoms with E-state index in [4.69, 9.17) is 16.0 Å². The molecule has 1 N–H and O–H groups in total. The second-order valence-electron chi connectivity index (χ2n) is 5.73. The smallest absolute Gasteiger partial charge is 0.224 e. The number of halogens is 2. The molecule has 0 aliphatic heterocycles. The molecule has 0 aliphatic carbocycles. The summed E-state index contributed by atoms with van der Waals surface area (Å²) in [5, 5.41) is 3.48. The van der Waals surface area contributed by atoms with Crippen LogP contribution in [0.1, 0.15) is 17.7 Å². The molecule has 3 aromatic rings. The van der Waals surface area contributed by atoms with Gasteiger partial charge < -0.3 is 9.73 Å². The van der Waals surface area contributed by atoms with Crippen molar-refractivity contribution in [3.05, 3.63) is 76.8 Å². The van der Waals surface area contributed by atoms with E-state index >= 15 is 0 Å². The van der Waals surface area contributed by atoms with Gasteiger partial charge in [0.15, 0.2) is 0 Å². The van der Waals surface area contributed by atoms with Crippen molar-refractivity contribution < 1.29 is 13.6 Å². The number of rotatable bonds is 5. The van der Waals surface area contributed by atoms with Crippen molar-refractivity contribution in [2.45, 2.75) is 19.8 Å².